The summed E-state index contributed by atoms with van der Waals surface area (Å²) in [6.45, 7) is 3.77. The quantitative estimate of drug-likeness (QED) is 0.835. The summed E-state index contributed by atoms with van der Waals surface area (Å²) >= 11 is 1.50. The van der Waals surface area contributed by atoms with Crippen molar-refractivity contribution >= 4 is 23.2 Å². The fourth-order valence-electron chi connectivity index (χ4n) is 2.33. The number of carbonyl (C=O) groups excluding carboxylic acids is 1. The topological polar surface area (TPSA) is 79.3 Å². The summed E-state index contributed by atoms with van der Waals surface area (Å²) in [6.07, 6.45) is 4.60. The zero-order valence-corrected chi connectivity index (χ0v) is 12.3. The Morgan fingerprint density at radius 1 is 1.40 bits per heavy atom. The number of aryl methyl sites for hydroxylation is 1. The standard InChI is InChI=1S/C14H18N2O3S/c1-8-7-20-13(15-8)9(2)16-12(17)10-5-3-4-6-11(10)14(18)19/h3-4,7,9-11H,5-6H2,1-2H3,(H,16,17)(H,18,19). The van der Waals surface area contributed by atoms with E-state index in [4.69, 9.17) is 0 Å². The zero-order chi connectivity index (χ0) is 14.7. The van der Waals surface area contributed by atoms with Crippen LogP contribution >= 0.6 is 11.3 Å². The van der Waals surface area contributed by atoms with Crippen molar-refractivity contribution in [2.24, 2.45) is 11.8 Å². The van der Waals surface area contributed by atoms with Gasteiger partial charge in [-0.2, -0.15) is 0 Å². The van der Waals surface area contributed by atoms with E-state index >= 15 is 0 Å². The largest absolute Gasteiger partial charge is 0.481 e. The molecule has 1 aromatic heterocycles. The highest BCUT2D eigenvalue weighted by atomic mass is 32.1. The number of aliphatic carboxylic acids is 1. The van der Waals surface area contributed by atoms with E-state index in [1.54, 1.807) is 0 Å². The van der Waals surface area contributed by atoms with Crippen molar-refractivity contribution in [3.8, 4) is 0 Å². The predicted molar refractivity (Wildman–Crippen MR) is 76.4 cm³/mol. The summed E-state index contributed by atoms with van der Waals surface area (Å²) in [5.41, 5.74) is 0.926. The average Bonchev–Trinajstić information content (AvgIpc) is 2.85. The minimum absolute atomic E-state index is 0.193. The molecule has 3 atom stereocenters. The molecule has 0 radical (unpaired) electrons. The maximum atomic E-state index is 12.3. The number of nitrogens with zero attached hydrogens (tertiary/aromatic N) is 1. The molecule has 0 aliphatic heterocycles. The SMILES string of the molecule is Cc1csc(C(C)NC(=O)C2CC=CCC2C(=O)O)n1. The van der Waals surface area contributed by atoms with Crippen LogP contribution in [0.5, 0.6) is 0 Å². The van der Waals surface area contributed by atoms with Crippen molar-refractivity contribution in [2.45, 2.75) is 32.7 Å². The molecule has 0 bridgehead atoms. The smallest absolute Gasteiger partial charge is 0.307 e. The second kappa shape index (κ2) is 6.17. The normalized spacial score (nSPS) is 23.3. The summed E-state index contributed by atoms with van der Waals surface area (Å²) < 4.78 is 0. The molecule has 1 aliphatic rings. The molecule has 1 amide bonds. The van der Waals surface area contributed by atoms with Gasteiger partial charge in [0.15, 0.2) is 0 Å². The Balaban J connectivity index is 2.03. The van der Waals surface area contributed by atoms with E-state index in [-0.39, 0.29) is 11.9 Å². The summed E-state index contributed by atoms with van der Waals surface area (Å²) in [6, 6.07) is -0.193. The third kappa shape index (κ3) is 3.25. The number of hydrogen-bond donors (Lipinski definition) is 2. The molecule has 1 aromatic rings. The Bertz CT molecular complexity index is 538. The van der Waals surface area contributed by atoms with Crippen LogP contribution in [0.25, 0.3) is 0 Å². The number of rotatable bonds is 4. The maximum absolute atomic E-state index is 12.3. The fraction of sp³-hybridized carbons (Fsp3) is 0.500. The first-order valence-corrected chi connectivity index (χ1v) is 7.47. The lowest BCUT2D eigenvalue weighted by Gasteiger charge is -2.25. The van der Waals surface area contributed by atoms with Crippen LogP contribution in [0.15, 0.2) is 17.5 Å². The zero-order valence-electron chi connectivity index (χ0n) is 11.5. The van der Waals surface area contributed by atoms with Gasteiger partial charge in [-0.15, -0.1) is 11.3 Å². The highest BCUT2D eigenvalue weighted by Gasteiger charge is 2.34. The van der Waals surface area contributed by atoms with Crippen LogP contribution in [0.2, 0.25) is 0 Å². The van der Waals surface area contributed by atoms with Crippen molar-refractivity contribution < 1.29 is 14.7 Å². The number of carbonyl (C=O) groups is 2. The van der Waals surface area contributed by atoms with E-state index in [1.165, 1.54) is 11.3 Å². The second-order valence-corrected chi connectivity index (χ2v) is 5.94. The maximum Gasteiger partial charge on any atom is 0.307 e. The lowest BCUT2D eigenvalue weighted by atomic mass is 9.82. The molecule has 1 aliphatic carbocycles. The van der Waals surface area contributed by atoms with Crippen LogP contribution in [-0.4, -0.2) is 22.0 Å². The Morgan fingerprint density at radius 2 is 2.05 bits per heavy atom. The molecule has 1 heterocycles. The van der Waals surface area contributed by atoms with Gasteiger partial charge in [-0.3, -0.25) is 9.59 Å². The molecule has 20 heavy (non-hydrogen) atoms. The summed E-state index contributed by atoms with van der Waals surface area (Å²) in [4.78, 5) is 27.8. The molecule has 5 nitrogen and oxygen atoms in total. The van der Waals surface area contributed by atoms with Gasteiger partial charge in [0.05, 0.1) is 17.9 Å². The average molecular weight is 294 g/mol. The van der Waals surface area contributed by atoms with E-state index in [2.05, 4.69) is 10.3 Å². The summed E-state index contributed by atoms with van der Waals surface area (Å²) in [5.74, 6) is -2.25. The fourth-order valence-corrected chi connectivity index (χ4v) is 3.13. The van der Waals surface area contributed by atoms with Crippen LogP contribution in [0, 0.1) is 18.8 Å². The van der Waals surface area contributed by atoms with Gasteiger partial charge in [-0.05, 0) is 26.7 Å². The van der Waals surface area contributed by atoms with E-state index in [0.29, 0.717) is 12.8 Å². The van der Waals surface area contributed by atoms with E-state index in [1.807, 2.05) is 31.4 Å². The van der Waals surface area contributed by atoms with Crippen molar-refractivity contribution in [1.29, 1.82) is 0 Å². The van der Waals surface area contributed by atoms with Crippen molar-refractivity contribution in [2.75, 3.05) is 0 Å². The van der Waals surface area contributed by atoms with Gasteiger partial charge < -0.3 is 10.4 Å². The number of carboxylic acids is 1. The minimum Gasteiger partial charge on any atom is -0.481 e. The molecule has 3 unspecified atom stereocenters. The predicted octanol–water partition coefficient (Wildman–Crippen LogP) is 2.30. The van der Waals surface area contributed by atoms with Crippen molar-refractivity contribution in [3.05, 3.63) is 28.2 Å². The van der Waals surface area contributed by atoms with Gasteiger partial charge in [0, 0.05) is 11.1 Å². The number of allylic oxidation sites excluding steroid dienone is 2. The van der Waals surface area contributed by atoms with E-state index in [9.17, 15) is 14.7 Å². The molecule has 0 fully saturated rings. The van der Waals surface area contributed by atoms with Gasteiger partial charge >= 0.3 is 5.97 Å². The molecule has 2 N–H and O–H groups in total. The molecule has 6 heteroatoms. The lowest BCUT2D eigenvalue weighted by Crippen LogP contribution is -2.39. The van der Waals surface area contributed by atoms with Gasteiger partial charge in [0.2, 0.25) is 5.91 Å². The lowest BCUT2D eigenvalue weighted by molar-refractivity contribution is -0.147. The summed E-state index contributed by atoms with van der Waals surface area (Å²) in [5, 5.41) is 14.8. The van der Waals surface area contributed by atoms with Gasteiger partial charge in [0.25, 0.3) is 0 Å². The molecular weight excluding hydrogens is 276 g/mol. The molecule has 108 valence electrons. The number of nitrogens with one attached hydrogen (secondary N) is 1. The Kier molecular flexibility index (Phi) is 4.54. The van der Waals surface area contributed by atoms with Crippen LogP contribution < -0.4 is 5.32 Å². The Labute approximate surface area is 121 Å². The van der Waals surface area contributed by atoms with Crippen LogP contribution in [-0.2, 0) is 9.59 Å². The third-order valence-corrected chi connectivity index (χ3v) is 4.60. The van der Waals surface area contributed by atoms with Crippen molar-refractivity contribution in [1.82, 2.24) is 10.3 Å². The number of amides is 1. The summed E-state index contributed by atoms with van der Waals surface area (Å²) in [7, 11) is 0. The first-order chi connectivity index (χ1) is 9.49. The highest BCUT2D eigenvalue weighted by Crippen LogP contribution is 2.27. The first kappa shape index (κ1) is 14.7. The van der Waals surface area contributed by atoms with Gasteiger partial charge in [-0.1, -0.05) is 12.2 Å². The third-order valence-electron chi connectivity index (χ3n) is 3.45. The molecule has 0 saturated heterocycles. The van der Waals surface area contributed by atoms with Crippen molar-refractivity contribution in [3.63, 3.8) is 0 Å². The number of aromatic nitrogens is 1. The number of hydrogen-bond acceptors (Lipinski definition) is 4. The van der Waals surface area contributed by atoms with Gasteiger partial charge in [0.1, 0.15) is 5.01 Å². The first-order valence-electron chi connectivity index (χ1n) is 6.59. The highest BCUT2D eigenvalue weighted by molar-refractivity contribution is 7.09. The minimum atomic E-state index is -0.910. The van der Waals surface area contributed by atoms with Crippen LogP contribution in [0.3, 0.4) is 0 Å². The van der Waals surface area contributed by atoms with E-state index < -0.39 is 17.8 Å². The Hall–Kier alpha value is -1.69. The molecular formula is C14H18N2O3S. The molecule has 2 rings (SSSR count). The Morgan fingerprint density at radius 3 is 2.60 bits per heavy atom. The van der Waals surface area contributed by atoms with Gasteiger partial charge in [-0.25, -0.2) is 4.98 Å². The van der Waals surface area contributed by atoms with E-state index in [0.717, 1.165) is 10.7 Å². The monoisotopic (exact) mass is 294 g/mol. The van der Waals surface area contributed by atoms with Crippen LogP contribution in [0.4, 0.5) is 0 Å². The number of thiazole rings is 1. The molecule has 0 aromatic carbocycles. The number of carboxylic acid groups (broad SMARTS) is 1. The molecule has 0 saturated carbocycles. The molecule has 0 spiro atoms. The van der Waals surface area contributed by atoms with Crippen LogP contribution in [0.1, 0.15) is 36.5 Å². The second-order valence-electron chi connectivity index (χ2n) is 5.05.